The van der Waals surface area contributed by atoms with Gasteiger partial charge in [-0.15, -0.1) is 0 Å². The molecule has 8 heteroatoms. The first kappa shape index (κ1) is 16.1. The summed E-state index contributed by atoms with van der Waals surface area (Å²) in [6, 6.07) is 5.21. The number of Topliss-reactive ketones (excluding diaryl/α,β-unsaturated/α-hetero) is 1. The normalized spacial score (nSPS) is 21.6. The molecule has 1 heterocycles. The Hall–Kier alpha value is -1.25. The van der Waals surface area contributed by atoms with E-state index in [1.807, 2.05) is 0 Å². The summed E-state index contributed by atoms with van der Waals surface area (Å²) < 4.78 is 49.1. The summed E-state index contributed by atoms with van der Waals surface area (Å²) in [4.78, 5) is 11.3. The van der Waals surface area contributed by atoms with Crippen LogP contribution in [0.5, 0.6) is 0 Å². The molecule has 1 aromatic carbocycles. The number of hydrogen-bond acceptors (Lipinski definition) is 5. The molecule has 1 atom stereocenters. The van der Waals surface area contributed by atoms with Gasteiger partial charge in [-0.05, 0) is 25.5 Å². The third kappa shape index (κ3) is 3.33. The van der Waals surface area contributed by atoms with Crippen LogP contribution in [0.25, 0.3) is 0 Å². The molecule has 1 aliphatic rings. The monoisotopic (exact) mass is 331 g/mol. The maximum atomic E-state index is 12.5. The second-order valence-electron chi connectivity index (χ2n) is 5.16. The van der Waals surface area contributed by atoms with Gasteiger partial charge in [0.15, 0.2) is 15.6 Å². The van der Waals surface area contributed by atoms with Crippen molar-refractivity contribution >= 4 is 25.6 Å². The first-order valence-electron chi connectivity index (χ1n) is 6.43. The fourth-order valence-corrected chi connectivity index (χ4v) is 5.60. The van der Waals surface area contributed by atoms with Crippen LogP contribution in [0.1, 0.15) is 23.7 Å². The van der Waals surface area contributed by atoms with Gasteiger partial charge in [0, 0.05) is 18.7 Å². The second-order valence-corrected chi connectivity index (χ2v) is 9.39. The van der Waals surface area contributed by atoms with Crippen molar-refractivity contribution in [3.05, 3.63) is 29.8 Å². The number of benzene rings is 1. The van der Waals surface area contributed by atoms with Gasteiger partial charge in [0.25, 0.3) is 0 Å². The Bertz CT molecular complexity index is 768. The SMILES string of the molecule is CC(=O)c1cccc(S(=O)(=O)N(C)C2CCS(=O)(=O)C2)c1. The Morgan fingerprint density at radius 1 is 1.33 bits per heavy atom. The van der Waals surface area contributed by atoms with E-state index < -0.39 is 25.9 Å². The average molecular weight is 331 g/mol. The number of rotatable bonds is 4. The van der Waals surface area contributed by atoms with Crippen molar-refractivity contribution in [1.29, 1.82) is 0 Å². The summed E-state index contributed by atoms with van der Waals surface area (Å²) in [5.74, 6) is -0.377. The van der Waals surface area contributed by atoms with Crippen molar-refractivity contribution in [2.45, 2.75) is 24.3 Å². The molecular formula is C13H17NO5S2. The molecule has 1 aliphatic heterocycles. The fraction of sp³-hybridized carbons (Fsp3) is 0.462. The molecule has 21 heavy (non-hydrogen) atoms. The Kier molecular flexibility index (Phi) is 4.23. The number of sulfone groups is 1. The largest absolute Gasteiger partial charge is 0.295 e. The number of ketones is 1. The lowest BCUT2D eigenvalue weighted by atomic mass is 10.2. The van der Waals surface area contributed by atoms with E-state index >= 15 is 0 Å². The van der Waals surface area contributed by atoms with Crippen LogP contribution in [0.4, 0.5) is 0 Å². The van der Waals surface area contributed by atoms with Crippen molar-refractivity contribution in [2.24, 2.45) is 0 Å². The van der Waals surface area contributed by atoms with E-state index in [0.29, 0.717) is 12.0 Å². The molecule has 2 rings (SSSR count). The molecule has 0 aromatic heterocycles. The number of carbonyl (C=O) groups is 1. The van der Waals surface area contributed by atoms with E-state index in [1.165, 1.54) is 32.2 Å². The van der Waals surface area contributed by atoms with Crippen molar-refractivity contribution in [1.82, 2.24) is 4.31 Å². The molecule has 1 aromatic rings. The lowest BCUT2D eigenvalue weighted by Gasteiger charge is -2.22. The van der Waals surface area contributed by atoms with E-state index in [1.54, 1.807) is 6.07 Å². The third-order valence-corrected chi connectivity index (χ3v) is 7.30. The molecule has 0 spiro atoms. The van der Waals surface area contributed by atoms with Gasteiger partial charge in [-0.25, -0.2) is 16.8 Å². The van der Waals surface area contributed by atoms with Crippen LogP contribution < -0.4 is 0 Å². The van der Waals surface area contributed by atoms with Crippen molar-refractivity contribution in [3.63, 3.8) is 0 Å². The van der Waals surface area contributed by atoms with Crippen LogP contribution in [0.2, 0.25) is 0 Å². The standard InChI is InChI=1S/C13H17NO5S2/c1-10(15)11-4-3-5-13(8-11)21(18,19)14(2)12-6-7-20(16,17)9-12/h3-5,8,12H,6-7,9H2,1-2H3. The molecule has 116 valence electrons. The highest BCUT2D eigenvalue weighted by Gasteiger charge is 2.36. The van der Waals surface area contributed by atoms with Gasteiger partial charge in [-0.3, -0.25) is 4.79 Å². The summed E-state index contributed by atoms with van der Waals surface area (Å²) in [6.45, 7) is 1.36. The van der Waals surface area contributed by atoms with Gasteiger partial charge >= 0.3 is 0 Å². The zero-order valence-electron chi connectivity index (χ0n) is 11.8. The number of hydrogen-bond donors (Lipinski definition) is 0. The Balaban J connectivity index is 2.34. The van der Waals surface area contributed by atoms with Crippen molar-refractivity contribution < 1.29 is 21.6 Å². The molecule has 0 bridgehead atoms. The molecule has 6 nitrogen and oxygen atoms in total. The molecular weight excluding hydrogens is 314 g/mol. The lowest BCUT2D eigenvalue weighted by molar-refractivity contribution is 0.101. The van der Waals surface area contributed by atoms with Crippen LogP contribution >= 0.6 is 0 Å². The minimum absolute atomic E-state index is 0.00185. The summed E-state index contributed by atoms with van der Waals surface area (Å²) >= 11 is 0. The first-order chi connectivity index (χ1) is 9.63. The van der Waals surface area contributed by atoms with E-state index in [9.17, 15) is 21.6 Å². The van der Waals surface area contributed by atoms with Gasteiger partial charge in [0.05, 0.1) is 16.4 Å². The summed E-state index contributed by atoms with van der Waals surface area (Å²) in [6.07, 6.45) is 0.296. The van der Waals surface area contributed by atoms with E-state index in [2.05, 4.69) is 0 Å². The number of nitrogens with zero attached hydrogens (tertiary/aromatic N) is 1. The first-order valence-corrected chi connectivity index (χ1v) is 9.69. The van der Waals surface area contributed by atoms with Gasteiger partial charge in [0.2, 0.25) is 10.0 Å². The predicted octanol–water partition coefficient (Wildman–Crippen LogP) is 0.697. The van der Waals surface area contributed by atoms with Gasteiger partial charge < -0.3 is 0 Å². The van der Waals surface area contributed by atoms with Crippen LogP contribution in [0.3, 0.4) is 0 Å². The molecule has 0 amide bonds. The molecule has 0 N–H and O–H groups in total. The Morgan fingerprint density at radius 2 is 2.00 bits per heavy atom. The number of carbonyl (C=O) groups excluding carboxylic acids is 1. The Labute approximate surface area is 124 Å². The quantitative estimate of drug-likeness (QED) is 0.758. The summed E-state index contributed by atoms with van der Waals surface area (Å²) in [5, 5.41) is 0. The van der Waals surface area contributed by atoms with E-state index in [0.717, 1.165) is 4.31 Å². The Morgan fingerprint density at radius 3 is 2.52 bits per heavy atom. The highest BCUT2D eigenvalue weighted by molar-refractivity contribution is 7.92. The molecule has 0 radical (unpaired) electrons. The predicted molar refractivity (Wildman–Crippen MR) is 78.5 cm³/mol. The van der Waals surface area contributed by atoms with Crippen molar-refractivity contribution in [2.75, 3.05) is 18.6 Å². The molecule has 1 saturated heterocycles. The second kappa shape index (κ2) is 5.51. The zero-order chi connectivity index (χ0) is 15.8. The molecule has 0 saturated carbocycles. The minimum atomic E-state index is -3.81. The van der Waals surface area contributed by atoms with Crippen LogP contribution in [0.15, 0.2) is 29.2 Å². The van der Waals surface area contributed by atoms with Crippen LogP contribution in [-0.4, -0.2) is 51.5 Å². The van der Waals surface area contributed by atoms with Crippen LogP contribution in [-0.2, 0) is 19.9 Å². The molecule has 1 fully saturated rings. The minimum Gasteiger partial charge on any atom is -0.295 e. The van der Waals surface area contributed by atoms with Gasteiger partial charge in [0.1, 0.15) is 0 Å². The third-order valence-electron chi connectivity index (χ3n) is 3.64. The smallest absolute Gasteiger partial charge is 0.243 e. The van der Waals surface area contributed by atoms with Gasteiger partial charge in [-0.2, -0.15) is 4.31 Å². The van der Waals surface area contributed by atoms with Crippen molar-refractivity contribution in [3.8, 4) is 0 Å². The maximum absolute atomic E-state index is 12.5. The molecule has 0 aliphatic carbocycles. The van der Waals surface area contributed by atoms with E-state index in [4.69, 9.17) is 0 Å². The fourth-order valence-electron chi connectivity index (χ4n) is 2.30. The highest BCUT2D eigenvalue weighted by Crippen LogP contribution is 2.24. The van der Waals surface area contributed by atoms with Gasteiger partial charge in [-0.1, -0.05) is 12.1 Å². The maximum Gasteiger partial charge on any atom is 0.243 e. The zero-order valence-corrected chi connectivity index (χ0v) is 13.4. The highest BCUT2D eigenvalue weighted by atomic mass is 32.2. The topological polar surface area (TPSA) is 88.6 Å². The number of sulfonamides is 1. The molecule has 1 unspecified atom stereocenters. The van der Waals surface area contributed by atoms with Crippen LogP contribution in [0, 0.1) is 0 Å². The lowest BCUT2D eigenvalue weighted by Crippen LogP contribution is -2.37. The average Bonchev–Trinajstić information content (AvgIpc) is 2.78. The summed E-state index contributed by atoms with van der Waals surface area (Å²) in [5.41, 5.74) is 0.309. The summed E-state index contributed by atoms with van der Waals surface area (Å²) in [7, 11) is -5.60. The van der Waals surface area contributed by atoms with E-state index in [-0.39, 0.29) is 22.2 Å².